The highest BCUT2D eigenvalue weighted by molar-refractivity contribution is 7.89. The average molecular weight is 602 g/mol. The second kappa shape index (κ2) is 11.1. The third kappa shape index (κ3) is 5.19. The van der Waals surface area contributed by atoms with Gasteiger partial charge in [-0.1, -0.05) is 83.9 Å². The molecule has 0 bridgehead atoms. The Kier molecular flexibility index (Phi) is 7.07. The van der Waals surface area contributed by atoms with Gasteiger partial charge >= 0.3 is 5.97 Å². The van der Waals surface area contributed by atoms with Gasteiger partial charge in [0.15, 0.2) is 0 Å². The van der Waals surface area contributed by atoms with Gasteiger partial charge in [-0.2, -0.15) is 4.31 Å². The fourth-order valence-electron chi connectivity index (χ4n) is 6.17. The maximum atomic E-state index is 13.9. The number of rotatable bonds is 6. The average Bonchev–Trinajstić information content (AvgIpc) is 3.47. The Morgan fingerprint density at radius 2 is 1.34 bits per heavy atom. The Hall–Kier alpha value is -4.72. The smallest absolute Gasteiger partial charge is 0.326 e. The first-order valence-corrected chi connectivity index (χ1v) is 16.1. The minimum atomic E-state index is -3.73. The van der Waals surface area contributed by atoms with E-state index in [1.165, 1.54) is 4.31 Å². The molecule has 0 saturated carbocycles. The molecule has 1 saturated heterocycles. The summed E-state index contributed by atoms with van der Waals surface area (Å²) in [6, 6.07) is 34.1. The predicted octanol–water partition coefficient (Wildman–Crippen LogP) is 7.44. The highest BCUT2D eigenvalue weighted by Gasteiger charge is 2.43. The quantitative estimate of drug-likeness (QED) is 0.115. The van der Waals surface area contributed by atoms with Gasteiger partial charge in [-0.25, -0.2) is 8.42 Å². The fourth-order valence-corrected chi connectivity index (χ4v) is 7.61. The summed E-state index contributed by atoms with van der Waals surface area (Å²) >= 11 is 0. The molecular weight excluding hydrogens is 570 g/mol. The molecule has 0 unspecified atom stereocenters. The van der Waals surface area contributed by atoms with Crippen molar-refractivity contribution in [2.24, 2.45) is 11.8 Å². The molecule has 5 aromatic rings. The molecule has 5 aromatic carbocycles. The van der Waals surface area contributed by atoms with E-state index in [0.29, 0.717) is 17.3 Å². The topological polar surface area (TPSA) is 72.9 Å². The van der Waals surface area contributed by atoms with E-state index in [1.807, 2.05) is 98.8 Å². The van der Waals surface area contributed by atoms with Gasteiger partial charge < -0.3 is 9.47 Å². The monoisotopic (exact) mass is 601 g/mol. The lowest BCUT2D eigenvalue weighted by molar-refractivity contribution is -0.137. The van der Waals surface area contributed by atoms with Crippen molar-refractivity contribution in [3.8, 4) is 11.5 Å². The van der Waals surface area contributed by atoms with E-state index >= 15 is 0 Å². The molecule has 0 amide bonds. The van der Waals surface area contributed by atoms with Crippen LogP contribution < -0.4 is 9.47 Å². The fraction of sp³-hybridized carbons (Fsp3) is 0.162. The molecule has 2 atom stereocenters. The molecule has 0 spiro atoms. The van der Waals surface area contributed by atoms with E-state index in [0.717, 1.165) is 38.3 Å². The second-order valence-electron chi connectivity index (χ2n) is 11.5. The molecule has 220 valence electrons. The standard InChI is InChI=1S/C37H31NO5S/c1-24-11-17-33(18-12-24)44(40,41)38-22-30-21-35(42-31-15-13-26-7-3-5-9-28(26)19-31)36(25(2)34(30)23-38)37(39)43-32-16-14-27-8-4-6-10-29(27)20-32/h3-21,30,36H,22-23H2,1-2H3/t30-,36-/m1/s1. The number of fused-ring (bicyclic) bond motifs is 3. The van der Waals surface area contributed by atoms with Crippen molar-refractivity contribution in [2.75, 3.05) is 13.1 Å². The van der Waals surface area contributed by atoms with Crippen molar-refractivity contribution < 1.29 is 22.7 Å². The second-order valence-corrected chi connectivity index (χ2v) is 13.4. The number of benzene rings is 5. The lowest BCUT2D eigenvalue weighted by Crippen LogP contribution is -2.30. The van der Waals surface area contributed by atoms with Gasteiger partial charge in [0.1, 0.15) is 23.2 Å². The van der Waals surface area contributed by atoms with Gasteiger partial charge in [-0.15, -0.1) is 0 Å². The van der Waals surface area contributed by atoms with Crippen LogP contribution in [0, 0.1) is 18.8 Å². The van der Waals surface area contributed by atoms with E-state index < -0.39 is 21.9 Å². The van der Waals surface area contributed by atoms with Gasteiger partial charge in [0.25, 0.3) is 0 Å². The number of carbonyl (C=O) groups is 1. The third-order valence-electron chi connectivity index (χ3n) is 8.57. The number of sulfonamides is 1. The summed E-state index contributed by atoms with van der Waals surface area (Å²) in [6.45, 7) is 4.27. The highest BCUT2D eigenvalue weighted by Crippen LogP contribution is 2.41. The van der Waals surface area contributed by atoms with Crippen LogP contribution in [-0.2, 0) is 14.8 Å². The van der Waals surface area contributed by atoms with Crippen LogP contribution in [-0.4, -0.2) is 31.8 Å². The van der Waals surface area contributed by atoms with E-state index in [-0.39, 0.29) is 23.9 Å². The summed E-state index contributed by atoms with van der Waals surface area (Å²) in [5, 5.41) is 4.11. The van der Waals surface area contributed by atoms with Crippen molar-refractivity contribution in [3.63, 3.8) is 0 Å². The normalized spacial score (nSPS) is 18.7. The van der Waals surface area contributed by atoms with Gasteiger partial charge in [0.05, 0.1) is 4.90 Å². The Morgan fingerprint density at radius 1 is 0.750 bits per heavy atom. The van der Waals surface area contributed by atoms with Crippen LogP contribution in [0.5, 0.6) is 11.5 Å². The van der Waals surface area contributed by atoms with Crippen LogP contribution in [0.3, 0.4) is 0 Å². The number of ether oxygens (including phenoxy) is 2. The first kappa shape index (κ1) is 28.1. The van der Waals surface area contributed by atoms with Gasteiger partial charge in [0.2, 0.25) is 10.0 Å². The third-order valence-corrected chi connectivity index (χ3v) is 10.4. The summed E-state index contributed by atoms with van der Waals surface area (Å²) < 4.78 is 41.1. The Bertz CT molecular complexity index is 2100. The predicted molar refractivity (Wildman–Crippen MR) is 172 cm³/mol. The number of carbonyl (C=O) groups excluding carboxylic acids is 1. The van der Waals surface area contributed by atoms with Crippen LogP contribution in [0.2, 0.25) is 0 Å². The molecule has 6 nitrogen and oxygen atoms in total. The summed E-state index contributed by atoms with van der Waals surface area (Å²) in [7, 11) is -3.73. The lowest BCUT2D eigenvalue weighted by atomic mass is 9.82. The summed E-state index contributed by atoms with van der Waals surface area (Å²) in [5.41, 5.74) is 2.64. The Labute approximate surface area is 256 Å². The zero-order valence-electron chi connectivity index (χ0n) is 24.4. The number of hydrogen-bond donors (Lipinski definition) is 0. The van der Waals surface area contributed by atoms with Gasteiger partial charge in [-0.05, 0) is 83.4 Å². The van der Waals surface area contributed by atoms with Crippen molar-refractivity contribution in [2.45, 2.75) is 18.7 Å². The van der Waals surface area contributed by atoms with Gasteiger partial charge in [-0.3, -0.25) is 4.79 Å². The molecule has 0 aromatic heterocycles. The molecule has 7 heteroatoms. The van der Waals surface area contributed by atoms with Crippen LogP contribution in [0.4, 0.5) is 0 Å². The largest absolute Gasteiger partial charge is 0.461 e. The molecule has 7 rings (SSSR count). The summed E-state index contributed by atoms with van der Waals surface area (Å²) in [5.74, 6) is -0.0651. The zero-order valence-corrected chi connectivity index (χ0v) is 25.3. The van der Waals surface area contributed by atoms with Crippen LogP contribution in [0.25, 0.3) is 21.5 Å². The van der Waals surface area contributed by atoms with Crippen LogP contribution in [0.15, 0.2) is 137 Å². The summed E-state index contributed by atoms with van der Waals surface area (Å²) in [6.07, 6.45) is 1.90. The first-order chi connectivity index (χ1) is 21.3. The maximum Gasteiger partial charge on any atom is 0.326 e. The summed E-state index contributed by atoms with van der Waals surface area (Å²) in [4.78, 5) is 14.2. The van der Waals surface area contributed by atoms with E-state index in [4.69, 9.17) is 9.47 Å². The molecule has 0 N–H and O–H groups in total. The molecule has 2 aliphatic rings. The van der Waals surface area contributed by atoms with Crippen molar-refractivity contribution in [1.82, 2.24) is 4.31 Å². The number of esters is 1. The Balaban J connectivity index is 1.24. The molecule has 1 heterocycles. The first-order valence-electron chi connectivity index (χ1n) is 14.6. The van der Waals surface area contributed by atoms with Crippen LogP contribution in [0.1, 0.15) is 12.5 Å². The van der Waals surface area contributed by atoms with Crippen molar-refractivity contribution in [1.29, 1.82) is 0 Å². The SMILES string of the molecule is CC1=C2CN(S(=O)(=O)c3ccc(C)cc3)C[C@H]2C=C(Oc2ccc3ccccc3c2)[C@@H]1C(=O)Oc1ccc2ccccc2c1. The number of hydrogen-bond acceptors (Lipinski definition) is 5. The number of aryl methyl sites for hydroxylation is 1. The van der Waals surface area contributed by atoms with Crippen LogP contribution >= 0.6 is 0 Å². The number of nitrogens with zero attached hydrogens (tertiary/aromatic N) is 1. The molecule has 1 fully saturated rings. The molecule has 44 heavy (non-hydrogen) atoms. The van der Waals surface area contributed by atoms with Crippen molar-refractivity contribution in [3.05, 3.63) is 138 Å². The van der Waals surface area contributed by atoms with E-state index in [1.54, 1.807) is 30.3 Å². The minimum Gasteiger partial charge on any atom is -0.461 e. The van der Waals surface area contributed by atoms with Gasteiger partial charge in [0, 0.05) is 19.0 Å². The van der Waals surface area contributed by atoms with Crippen molar-refractivity contribution >= 4 is 37.5 Å². The van der Waals surface area contributed by atoms with E-state index in [9.17, 15) is 13.2 Å². The molecular formula is C37H31NO5S. The Morgan fingerprint density at radius 3 is 2.00 bits per heavy atom. The molecule has 1 aliphatic heterocycles. The molecule has 0 radical (unpaired) electrons. The lowest BCUT2D eigenvalue weighted by Gasteiger charge is -2.28. The van der Waals surface area contributed by atoms with E-state index in [2.05, 4.69) is 0 Å². The molecule has 1 aliphatic carbocycles. The minimum absolute atomic E-state index is 0.201. The zero-order chi connectivity index (χ0) is 30.4. The maximum absolute atomic E-state index is 13.9. The highest BCUT2D eigenvalue weighted by atomic mass is 32.2.